The van der Waals surface area contributed by atoms with Crippen LogP contribution < -0.4 is 4.74 Å². The fourth-order valence-electron chi connectivity index (χ4n) is 2.07. The molecule has 0 amide bonds. The molecule has 0 unspecified atom stereocenters. The first-order chi connectivity index (χ1) is 9.08. The molecule has 0 saturated carbocycles. The average molecular weight is 253 g/mol. The van der Waals surface area contributed by atoms with Crippen molar-refractivity contribution >= 4 is 0 Å². The van der Waals surface area contributed by atoms with E-state index in [1.54, 1.807) is 19.2 Å². The minimum atomic E-state index is -0.00551. The minimum Gasteiger partial charge on any atom is -0.507 e. The van der Waals surface area contributed by atoms with E-state index in [-0.39, 0.29) is 11.3 Å². The molecule has 2 aromatic carbocycles. The molecule has 0 radical (unpaired) electrons. The van der Waals surface area contributed by atoms with Gasteiger partial charge in [0.25, 0.3) is 0 Å². The van der Waals surface area contributed by atoms with E-state index in [9.17, 15) is 5.11 Å². The topological polar surface area (TPSA) is 53.2 Å². The number of aryl methyl sites for hydroxylation is 1. The minimum absolute atomic E-state index is 0.00551. The second-order valence-corrected chi connectivity index (χ2v) is 4.43. The third-order valence-corrected chi connectivity index (χ3v) is 3.31. The van der Waals surface area contributed by atoms with Crippen LogP contribution in [0.3, 0.4) is 0 Å². The number of ether oxygens (including phenoxy) is 1. The normalized spacial score (nSPS) is 10.0. The van der Waals surface area contributed by atoms with E-state index in [0.717, 1.165) is 28.0 Å². The number of aromatic hydroxyl groups is 1. The Hall–Kier alpha value is -2.47. The van der Waals surface area contributed by atoms with Gasteiger partial charge in [-0.1, -0.05) is 18.2 Å². The first-order valence-electron chi connectivity index (χ1n) is 5.96. The van der Waals surface area contributed by atoms with Crippen molar-refractivity contribution in [3.63, 3.8) is 0 Å². The quantitative estimate of drug-likeness (QED) is 0.890. The second kappa shape index (κ2) is 5.03. The largest absolute Gasteiger partial charge is 0.507 e. The number of phenolic OH excluding ortho intramolecular Hbond substituents is 1. The molecule has 3 nitrogen and oxygen atoms in total. The van der Waals surface area contributed by atoms with Gasteiger partial charge in [-0.05, 0) is 42.7 Å². The molecule has 2 rings (SSSR count). The fourth-order valence-corrected chi connectivity index (χ4v) is 2.07. The lowest BCUT2D eigenvalue weighted by Crippen LogP contribution is -1.94. The lowest BCUT2D eigenvalue weighted by atomic mass is 9.97. The van der Waals surface area contributed by atoms with Gasteiger partial charge in [0.05, 0.1) is 12.7 Å². The Bertz CT molecular complexity index is 669. The van der Waals surface area contributed by atoms with Gasteiger partial charge >= 0.3 is 0 Å². The highest BCUT2D eigenvalue weighted by Gasteiger charge is 2.12. The molecule has 0 aliphatic heterocycles. The van der Waals surface area contributed by atoms with Crippen LogP contribution in [0.15, 0.2) is 30.3 Å². The van der Waals surface area contributed by atoms with Gasteiger partial charge in [0, 0.05) is 5.56 Å². The zero-order chi connectivity index (χ0) is 14.0. The van der Waals surface area contributed by atoms with Gasteiger partial charge in [-0.15, -0.1) is 0 Å². The number of nitrogens with zero attached hydrogens (tertiary/aromatic N) is 1. The van der Waals surface area contributed by atoms with E-state index in [2.05, 4.69) is 0 Å². The molecule has 1 N–H and O–H groups in total. The van der Waals surface area contributed by atoms with Crippen LogP contribution in [0, 0.1) is 25.2 Å². The highest BCUT2D eigenvalue weighted by atomic mass is 16.5. The van der Waals surface area contributed by atoms with Crippen molar-refractivity contribution < 1.29 is 9.84 Å². The van der Waals surface area contributed by atoms with Gasteiger partial charge in [0.2, 0.25) is 0 Å². The van der Waals surface area contributed by atoms with Crippen LogP contribution in [0.4, 0.5) is 0 Å². The molecule has 0 spiro atoms. The van der Waals surface area contributed by atoms with E-state index in [1.165, 1.54) is 6.07 Å². The number of hydrogen-bond acceptors (Lipinski definition) is 3. The molecule has 96 valence electrons. The Balaban J connectivity index is 2.66. The standard InChI is InChI=1S/C16H15NO2/c1-10-4-6-14(16(19-3)11(10)2)12-5-7-15(18)13(8-12)9-17/h4-8,18H,1-3H3. The van der Waals surface area contributed by atoms with Gasteiger partial charge in [-0.3, -0.25) is 0 Å². The van der Waals surface area contributed by atoms with E-state index in [4.69, 9.17) is 10.00 Å². The number of benzene rings is 2. The van der Waals surface area contributed by atoms with E-state index >= 15 is 0 Å². The van der Waals surface area contributed by atoms with Crippen LogP contribution in [-0.4, -0.2) is 12.2 Å². The number of hydrogen-bond donors (Lipinski definition) is 1. The molecule has 0 bridgehead atoms. The Morgan fingerprint density at radius 3 is 2.53 bits per heavy atom. The molecule has 0 aromatic heterocycles. The van der Waals surface area contributed by atoms with Gasteiger partial charge in [0.15, 0.2) is 0 Å². The number of rotatable bonds is 2. The predicted octanol–water partition coefficient (Wildman–Crippen LogP) is 3.56. The van der Waals surface area contributed by atoms with Crippen molar-refractivity contribution in [1.29, 1.82) is 5.26 Å². The van der Waals surface area contributed by atoms with Gasteiger partial charge in [-0.2, -0.15) is 5.26 Å². The molecular formula is C16H15NO2. The second-order valence-electron chi connectivity index (χ2n) is 4.43. The maximum Gasteiger partial charge on any atom is 0.133 e. The van der Waals surface area contributed by atoms with Crippen molar-refractivity contribution in [2.45, 2.75) is 13.8 Å². The zero-order valence-electron chi connectivity index (χ0n) is 11.2. The average Bonchev–Trinajstić information content (AvgIpc) is 2.42. The fraction of sp³-hybridized carbons (Fsp3) is 0.188. The van der Waals surface area contributed by atoms with Gasteiger partial charge < -0.3 is 9.84 Å². The Morgan fingerprint density at radius 1 is 1.16 bits per heavy atom. The first kappa shape index (κ1) is 13.0. The van der Waals surface area contributed by atoms with Crippen molar-refractivity contribution in [3.05, 3.63) is 47.0 Å². The molecule has 0 aliphatic rings. The predicted molar refractivity (Wildman–Crippen MR) is 74.3 cm³/mol. The Labute approximate surface area is 112 Å². The Kier molecular flexibility index (Phi) is 3.43. The molecule has 0 aliphatic carbocycles. The summed E-state index contributed by atoms with van der Waals surface area (Å²) in [6.45, 7) is 4.03. The number of phenols is 1. The summed E-state index contributed by atoms with van der Waals surface area (Å²) in [5, 5.41) is 18.5. The summed E-state index contributed by atoms with van der Waals surface area (Å²) in [5.74, 6) is 0.795. The van der Waals surface area contributed by atoms with Crippen molar-refractivity contribution in [2.24, 2.45) is 0 Å². The summed E-state index contributed by atoms with van der Waals surface area (Å²) in [7, 11) is 1.64. The lowest BCUT2D eigenvalue weighted by molar-refractivity contribution is 0.413. The van der Waals surface area contributed by atoms with Crippen molar-refractivity contribution in [2.75, 3.05) is 7.11 Å². The van der Waals surface area contributed by atoms with Crippen LogP contribution in [0.5, 0.6) is 11.5 Å². The maximum atomic E-state index is 9.55. The molecule has 0 fully saturated rings. The number of methoxy groups -OCH3 is 1. The third-order valence-electron chi connectivity index (χ3n) is 3.31. The van der Waals surface area contributed by atoms with Crippen molar-refractivity contribution in [1.82, 2.24) is 0 Å². The maximum absolute atomic E-state index is 9.55. The van der Waals surface area contributed by atoms with Crippen LogP contribution in [-0.2, 0) is 0 Å². The summed E-state index contributed by atoms with van der Waals surface area (Å²) in [6, 6.07) is 10.9. The van der Waals surface area contributed by atoms with E-state index in [0.29, 0.717) is 0 Å². The van der Waals surface area contributed by atoms with Crippen molar-refractivity contribution in [3.8, 4) is 28.7 Å². The summed E-state index contributed by atoms with van der Waals surface area (Å²) in [6.07, 6.45) is 0. The van der Waals surface area contributed by atoms with Crippen LogP contribution >= 0.6 is 0 Å². The molecule has 2 aromatic rings. The van der Waals surface area contributed by atoms with Gasteiger partial charge in [0.1, 0.15) is 17.6 Å². The van der Waals surface area contributed by atoms with E-state index < -0.39 is 0 Å². The van der Waals surface area contributed by atoms with Crippen LogP contribution in [0.25, 0.3) is 11.1 Å². The first-order valence-corrected chi connectivity index (χ1v) is 5.96. The molecule has 19 heavy (non-hydrogen) atoms. The highest BCUT2D eigenvalue weighted by Crippen LogP contribution is 2.36. The molecule has 0 heterocycles. The molecule has 0 saturated heterocycles. The zero-order valence-corrected chi connectivity index (χ0v) is 11.2. The lowest BCUT2D eigenvalue weighted by Gasteiger charge is -2.14. The SMILES string of the molecule is COc1c(-c2ccc(O)c(C#N)c2)ccc(C)c1C. The summed E-state index contributed by atoms with van der Waals surface area (Å²) in [4.78, 5) is 0. The smallest absolute Gasteiger partial charge is 0.133 e. The molecule has 3 heteroatoms. The van der Waals surface area contributed by atoms with Gasteiger partial charge in [-0.25, -0.2) is 0 Å². The van der Waals surface area contributed by atoms with Crippen LogP contribution in [0.1, 0.15) is 16.7 Å². The number of nitriles is 1. The monoisotopic (exact) mass is 253 g/mol. The summed E-state index contributed by atoms with van der Waals surface area (Å²) >= 11 is 0. The summed E-state index contributed by atoms with van der Waals surface area (Å²) in [5.41, 5.74) is 4.26. The highest BCUT2D eigenvalue weighted by molar-refractivity contribution is 5.75. The summed E-state index contributed by atoms with van der Waals surface area (Å²) < 4.78 is 5.47. The van der Waals surface area contributed by atoms with E-state index in [1.807, 2.05) is 32.0 Å². The Morgan fingerprint density at radius 2 is 1.89 bits per heavy atom. The third kappa shape index (κ3) is 2.25. The van der Waals surface area contributed by atoms with Crippen LogP contribution in [0.2, 0.25) is 0 Å². The molecular weight excluding hydrogens is 238 g/mol. The molecule has 0 atom stereocenters.